The molecule has 1 aliphatic rings. The molecule has 4 heteroatoms. The van der Waals surface area contributed by atoms with Crippen molar-refractivity contribution in [3.05, 3.63) is 29.6 Å². The predicted octanol–water partition coefficient (Wildman–Crippen LogP) is 1.74. The number of nitrogens with zero attached hydrogens (tertiary/aromatic N) is 2. The lowest BCUT2D eigenvalue weighted by Gasteiger charge is -2.12. The van der Waals surface area contributed by atoms with Crippen LogP contribution in [0.1, 0.15) is 20.7 Å². The highest BCUT2D eigenvalue weighted by atomic mass is 79.9. The number of hydrogen-bond acceptors (Lipinski definition) is 2. The molecular weight excluding hydrogens is 220 g/mol. The summed E-state index contributed by atoms with van der Waals surface area (Å²) < 4.78 is 0. The molecule has 0 bridgehead atoms. The van der Waals surface area contributed by atoms with E-state index in [-0.39, 0.29) is 10.7 Å². The molecule has 3 nitrogen and oxygen atoms in total. The second-order valence-electron chi connectivity index (χ2n) is 2.45. The van der Waals surface area contributed by atoms with Crippen LogP contribution >= 0.6 is 15.9 Å². The fraction of sp³-hybridized carbons (Fsp3) is 0.125. The summed E-state index contributed by atoms with van der Waals surface area (Å²) in [5.74, 6) is -0.214. The lowest BCUT2D eigenvalue weighted by atomic mass is 10.1. The summed E-state index contributed by atoms with van der Waals surface area (Å²) in [5, 5.41) is 0. The maximum absolute atomic E-state index is 11.2. The molecule has 0 N–H and O–H groups in total. The van der Waals surface area contributed by atoms with Crippen LogP contribution in [-0.4, -0.2) is 17.1 Å². The van der Waals surface area contributed by atoms with Crippen molar-refractivity contribution in [1.82, 2.24) is 4.98 Å². The monoisotopic (exact) mass is 224 g/mol. The number of hydrogen-bond donors (Lipinski definition) is 0. The number of fused-ring (bicyclic) bond motifs is 1. The Morgan fingerprint density at radius 3 is 3.08 bits per heavy atom. The van der Waals surface area contributed by atoms with E-state index in [4.69, 9.17) is 0 Å². The average Bonchev–Trinajstić information content (AvgIpc) is 2.12. The molecular formula is C8H5BrN2O. The smallest absolute Gasteiger partial charge is 0.267 e. The Kier molecular flexibility index (Phi) is 1.77. The van der Waals surface area contributed by atoms with Gasteiger partial charge >= 0.3 is 0 Å². The van der Waals surface area contributed by atoms with Crippen molar-refractivity contribution in [3.8, 4) is 0 Å². The van der Waals surface area contributed by atoms with Crippen molar-refractivity contribution in [3.63, 3.8) is 0 Å². The van der Waals surface area contributed by atoms with Crippen LogP contribution in [0.15, 0.2) is 23.5 Å². The molecule has 1 aromatic rings. The fourth-order valence-electron chi connectivity index (χ4n) is 1.11. The van der Waals surface area contributed by atoms with Crippen molar-refractivity contribution >= 4 is 28.1 Å². The summed E-state index contributed by atoms with van der Waals surface area (Å²) in [6.45, 7) is 0. The van der Waals surface area contributed by atoms with Gasteiger partial charge in [0.05, 0.1) is 10.4 Å². The maximum Gasteiger partial charge on any atom is 0.278 e. The second-order valence-corrected chi connectivity index (χ2v) is 3.43. The van der Waals surface area contributed by atoms with Crippen LogP contribution < -0.4 is 0 Å². The molecule has 12 heavy (non-hydrogen) atoms. The van der Waals surface area contributed by atoms with E-state index in [2.05, 4.69) is 25.9 Å². The van der Waals surface area contributed by atoms with Gasteiger partial charge in [0.15, 0.2) is 0 Å². The highest BCUT2D eigenvalue weighted by Gasteiger charge is 2.19. The molecule has 1 atom stereocenters. The molecule has 0 aliphatic carbocycles. The Morgan fingerprint density at radius 1 is 1.50 bits per heavy atom. The van der Waals surface area contributed by atoms with Crippen LogP contribution in [0.2, 0.25) is 0 Å². The molecule has 2 heterocycles. The number of rotatable bonds is 0. The highest BCUT2D eigenvalue weighted by Crippen LogP contribution is 2.27. The minimum Gasteiger partial charge on any atom is -0.267 e. The summed E-state index contributed by atoms with van der Waals surface area (Å²) in [6.07, 6.45) is 4.80. The molecule has 0 saturated carbocycles. The summed E-state index contributed by atoms with van der Waals surface area (Å²) >= 11 is 3.39. The topological polar surface area (TPSA) is 42.3 Å². The first kappa shape index (κ1) is 7.61. The number of aliphatic imine (C=N–C) groups is 1. The van der Waals surface area contributed by atoms with E-state index in [0.717, 1.165) is 5.56 Å². The van der Waals surface area contributed by atoms with Gasteiger partial charge in [0.2, 0.25) is 0 Å². The lowest BCUT2D eigenvalue weighted by molar-refractivity contribution is 0.100. The Bertz CT molecular complexity index is 362. The maximum atomic E-state index is 11.2. The number of halogens is 1. The van der Waals surface area contributed by atoms with E-state index in [0.29, 0.717) is 5.56 Å². The van der Waals surface area contributed by atoms with E-state index >= 15 is 0 Å². The largest absolute Gasteiger partial charge is 0.278 e. The zero-order valence-corrected chi connectivity index (χ0v) is 7.65. The number of aromatic nitrogens is 1. The molecule has 1 unspecified atom stereocenters. The van der Waals surface area contributed by atoms with Crippen LogP contribution in [0, 0.1) is 0 Å². The number of pyridine rings is 1. The van der Waals surface area contributed by atoms with Gasteiger partial charge in [-0.05, 0) is 11.6 Å². The minimum absolute atomic E-state index is 0.0354. The van der Waals surface area contributed by atoms with Crippen LogP contribution in [0.5, 0.6) is 0 Å². The van der Waals surface area contributed by atoms with E-state index in [1.807, 2.05) is 6.07 Å². The van der Waals surface area contributed by atoms with Gasteiger partial charge in [-0.1, -0.05) is 15.9 Å². The molecule has 60 valence electrons. The molecule has 0 aromatic carbocycles. The van der Waals surface area contributed by atoms with Gasteiger partial charge in [-0.2, -0.15) is 0 Å². The van der Waals surface area contributed by atoms with Crippen molar-refractivity contribution in [2.75, 3.05) is 0 Å². The Morgan fingerprint density at radius 2 is 2.33 bits per heavy atom. The number of carbonyl (C=O) groups excluding carboxylic acids is 1. The first-order valence-corrected chi connectivity index (χ1v) is 4.37. The van der Waals surface area contributed by atoms with Crippen molar-refractivity contribution in [1.29, 1.82) is 0 Å². The standard InChI is InChI=1S/C8H5BrN2O/c9-7-4-11-8(12)6-3-10-2-1-5(6)7/h1-4,7H. The van der Waals surface area contributed by atoms with Crippen molar-refractivity contribution in [2.24, 2.45) is 4.99 Å². The molecule has 0 radical (unpaired) electrons. The normalized spacial score (nSPS) is 20.8. The number of amides is 1. The summed E-state index contributed by atoms with van der Waals surface area (Å²) in [4.78, 5) is 18.8. The zero-order valence-electron chi connectivity index (χ0n) is 6.07. The molecule has 2 rings (SSSR count). The van der Waals surface area contributed by atoms with Gasteiger partial charge in [-0.15, -0.1) is 0 Å². The van der Waals surface area contributed by atoms with Gasteiger partial charge in [0.1, 0.15) is 0 Å². The number of alkyl halides is 1. The average molecular weight is 225 g/mol. The third-order valence-corrected chi connectivity index (χ3v) is 2.43. The van der Waals surface area contributed by atoms with Crippen LogP contribution in [0.25, 0.3) is 0 Å². The number of carbonyl (C=O) groups is 1. The van der Waals surface area contributed by atoms with Gasteiger partial charge in [-0.3, -0.25) is 9.78 Å². The predicted molar refractivity (Wildman–Crippen MR) is 48.7 cm³/mol. The summed E-state index contributed by atoms with van der Waals surface area (Å²) in [7, 11) is 0. The van der Waals surface area contributed by atoms with E-state index < -0.39 is 0 Å². The Hall–Kier alpha value is -1.03. The SMILES string of the molecule is O=C1N=CC(Br)c2ccncc21. The molecule has 1 amide bonds. The van der Waals surface area contributed by atoms with Crippen LogP contribution in [0.4, 0.5) is 0 Å². The Balaban J connectivity index is 2.61. The fourth-order valence-corrected chi connectivity index (χ4v) is 1.62. The Labute approximate surface area is 77.7 Å². The quantitative estimate of drug-likeness (QED) is 0.631. The first-order valence-electron chi connectivity index (χ1n) is 3.45. The lowest BCUT2D eigenvalue weighted by Crippen LogP contribution is -2.10. The van der Waals surface area contributed by atoms with E-state index in [9.17, 15) is 4.79 Å². The minimum atomic E-state index is -0.214. The second kappa shape index (κ2) is 2.79. The van der Waals surface area contributed by atoms with Crippen molar-refractivity contribution in [2.45, 2.75) is 4.83 Å². The van der Waals surface area contributed by atoms with Gasteiger partial charge in [-0.25, -0.2) is 4.99 Å². The van der Waals surface area contributed by atoms with E-state index in [1.54, 1.807) is 18.6 Å². The molecule has 0 spiro atoms. The highest BCUT2D eigenvalue weighted by molar-refractivity contribution is 9.09. The van der Waals surface area contributed by atoms with Crippen LogP contribution in [0.3, 0.4) is 0 Å². The van der Waals surface area contributed by atoms with Gasteiger partial charge in [0, 0.05) is 18.6 Å². The summed E-state index contributed by atoms with van der Waals surface area (Å²) in [6, 6.07) is 1.82. The van der Waals surface area contributed by atoms with Gasteiger partial charge in [0.25, 0.3) is 5.91 Å². The third-order valence-electron chi connectivity index (χ3n) is 1.70. The van der Waals surface area contributed by atoms with Crippen molar-refractivity contribution < 1.29 is 4.79 Å². The third kappa shape index (κ3) is 1.08. The molecule has 0 saturated heterocycles. The van der Waals surface area contributed by atoms with E-state index in [1.165, 1.54) is 0 Å². The molecule has 1 aliphatic heterocycles. The van der Waals surface area contributed by atoms with Crippen LogP contribution in [-0.2, 0) is 0 Å². The molecule has 1 aromatic heterocycles. The molecule has 0 fully saturated rings. The zero-order chi connectivity index (χ0) is 8.55. The first-order chi connectivity index (χ1) is 5.79. The summed E-state index contributed by atoms with van der Waals surface area (Å²) in [5.41, 5.74) is 1.52. The van der Waals surface area contributed by atoms with Gasteiger partial charge < -0.3 is 0 Å².